The van der Waals surface area contributed by atoms with Gasteiger partial charge >= 0.3 is 0 Å². The van der Waals surface area contributed by atoms with Crippen molar-refractivity contribution in [3.63, 3.8) is 0 Å². The van der Waals surface area contributed by atoms with Gasteiger partial charge in [-0.15, -0.1) is 0 Å². The Kier molecular flexibility index (Phi) is 4.77. The molecule has 0 aromatic carbocycles. The maximum absolute atomic E-state index is 9.51. The summed E-state index contributed by atoms with van der Waals surface area (Å²) < 4.78 is 0. The first-order valence-corrected chi connectivity index (χ1v) is 7.15. The van der Waals surface area contributed by atoms with E-state index in [0.717, 1.165) is 36.5 Å². The molecule has 4 nitrogen and oxygen atoms in total. The number of aliphatic hydroxyl groups is 2. The van der Waals surface area contributed by atoms with Crippen molar-refractivity contribution in [2.75, 3.05) is 18.1 Å². The van der Waals surface area contributed by atoms with Gasteiger partial charge in [-0.05, 0) is 42.9 Å². The van der Waals surface area contributed by atoms with E-state index in [-0.39, 0.29) is 19.3 Å². The molecule has 0 radical (unpaired) electrons. The molecule has 2 N–H and O–H groups in total. The van der Waals surface area contributed by atoms with Crippen LogP contribution in [0.1, 0.15) is 50.3 Å². The molecule has 0 aliphatic carbocycles. The second-order valence-corrected chi connectivity index (χ2v) is 5.60. The Bertz CT molecular complexity index is 421. The number of rotatable bonds is 4. The van der Waals surface area contributed by atoms with Gasteiger partial charge in [-0.2, -0.15) is 0 Å². The Labute approximate surface area is 115 Å². The van der Waals surface area contributed by atoms with E-state index in [9.17, 15) is 10.2 Å². The fraction of sp³-hybridized carbons (Fsp3) is 0.667. The Balaban J connectivity index is 2.33. The zero-order valence-electron chi connectivity index (χ0n) is 11.8. The van der Waals surface area contributed by atoms with Crippen molar-refractivity contribution in [3.8, 4) is 0 Å². The van der Waals surface area contributed by atoms with Crippen LogP contribution in [0.5, 0.6) is 0 Å². The highest BCUT2D eigenvalue weighted by Gasteiger charge is 2.23. The molecule has 1 aromatic heterocycles. The lowest BCUT2D eigenvalue weighted by Crippen LogP contribution is -2.42. The summed E-state index contributed by atoms with van der Waals surface area (Å²) in [5.41, 5.74) is 1.90. The number of aromatic nitrogens is 1. The van der Waals surface area contributed by atoms with Crippen LogP contribution in [-0.4, -0.2) is 34.4 Å². The highest BCUT2D eigenvalue weighted by Crippen LogP contribution is 2.26. The van der Waals surface area contributed by atoms with Crippen molar-refractivity contribution in [2.24, 2.45) is 0 Å². The SMILES string of the molecule is CC(C)c1cc(CO)cc(N2CCCCC2CO)n1. The molecular formula is C15H24N2O2. The van der Waals surface area contributed by atoms with Crippen LogP contribution < -0.4 is 4.90 Å². The molecule has 0 bridgehead atoms. The molecule has 0 amide bonds. The number of hydrogen-bond acceptors (Lipinski definition) is 4. The second kappa shape index (κ2) is 6.35. The van der Waals surface area contributed by atoms with Gasteiger partial charge in [0.05, 0.1) is 19.3 Å². The fourth-order valence-corrected chi connectivity index (χ4v) is 2.62. The van der Waals surface area contributed by atoms with Gasteiger partial charge in [-0.25, -0.2) is 4.98 Å². The minimum atomic E-state index is 0.0346. The number of anilines is 1. The van der Waals surface area contributed by atoms with Crippen molar-refractivity contribution in [2.45, 2.75) is 51.7 Å². The van der Waals surface area contributed by atoms with E-state index in [1.807, 2.05) is 12.1 Å². The summed E-state index contributed by atoms with van der Waals surface area (Å²) in [4.78, 5) is 6.90. The van der Waals surface area contributed by atoms with Crippen LogP contribution in [0.2, 0.25) is 0 Å². The molecule has 1 saturated heterocycles. The maximum atomic E-state index is 9.51. The maximum Gasteiger partial charge on any atom is 0.129 e. The third-order valence-corrected chi connectivity index (χ3v) is 3.80. The summed E-state index contributed by atoms with van der Waals surface area (Å²) in [6.45, 7) is 5.35. The average molecular weight is 264 g/mol. The summed E-state index contributed by atoms with van der Waals surface area (Å²) in [6, 6.07) is 4.07. The first kappa shape index (κ1) is 14.3. The molecule has 2 heterocycles. The number of aliphatic hydroxyl groups excluding tert-OH is 2. The van der Waals surface area contributed by atoms with Crippen LogP contribution in [0.15, 0.2) is 12.1 Å². The van der Waals surface area contributed by atoms with Crippen molar-refractivity contribution in [1.29, 1.82) is 0 Å². The minimum absolute atomic E-state index is 0.0346. The molecule has 19 heavy (non-hydrogen) atoms. The third-order valence-electron chi connectivity index (χ3n) is 3.80. The van der Waals surface area contributed by atoms with Gasteiger partial charge in [0.25, 0.3) is 0 Å². The molecule has 1 aromatic rings. The first-order valence-electron chi connectivity index (χ1n) is 7.15. The van der Waals surface area contributed by atoms with Gasteiger partial charge in [-0.1, -0.05) is 13.8 Å². The summed E-state index contributed by atoms with van der Waals surface area (Å²) in [5.74, 6) is 1.23. The standard InChI is InChI=1S/C15H24N2O2/c1-11(2)14-7-12(9-18)8-15(16-14)17-6-4-3-5-13(17)10-19/h7-8,11,13,18-19H,3-6,9-10H2,1-2H3. The van der Waals surface area contributed by atoms with Crippen molar-refractivity contribution >= 4 is 5.82 Å². The van der Waals surface area contributed by atoms with Gasteiger partial charge in [0.1, 0.15) is 5.82 Å². The summed E-state index contributed by atoms with van der Waals surface area (Å²) in [7, 11) is 0. The van der Waals surface area contributed by atoms with Crippen molar-refractivity contribution < 1.29 is 10.2 Å². The summed E-state index contributed by atoms with van der Waals surface area (Å²) >= 11 is 0. The van der Waals surface area contributed by atoms with Gasteiger partial charge in [0, 0.05) is 12.2 Å². The van der Waals surface area contributed by atoms with E-state index in [0.29, 0.717) is 5.92 Å². The Morgan fingerprint density at radius 3 is 2.74 bits per heavy atom. The number of pyridine rings is 1. The lowest BCUT2D eigenvalue weighted by atomic mass is 10.0. The highest BCUT2D eigenvalue weighted by atomic mass is 16.3. The van der Waals surface area contributed by atoms with Gasteiger partial charge in [-0.3, -0.25) is 0 Å². The molecule has 0 spiro atoms. The van der Waals surface area contributed by atoms with E-state index in [2.05, 4.69) is 18.7 Å². The molecule has 2 rings (SSSR count). The molecule has 1 fully saturated rings. The summed E-state index contributed by atoms with van der Waals surface area (Å²) in [5, 5.41) is 18.9. The monoisotopic (exact) mass is 264 g/mol. The topological polar surface area (TPSA) is 56.6 Å². The van der Waals surface area contributed by atoms with Crippen molar-refractivity contribution in [3.05, 3.63) is 23.4 Å². The van der Waals surface area contributed by atoms with Crippen LogP contribution in [-0.2, 0) is 6.61 Å². The zero-order chi connectivity index (χ0) is 13.8. The predicted molar refractivity (Wildman–Crippen MR) is 76.3 cm³/mol. The third kappa shape index (κ3) is 3.25. The zero-order valence-corrected chi connectivity index (χ0v) is 11.8. The number of piperidine rings is 1. The van der Waals surface area contributed by atoms with Crippen LogP contribution in [0.4, 0.5) is 5.82 Å². The Morgan fingerprint density at radius 1 is 1.32 bits per heavy atom. The lowest BCUT2D eigenvalue weighted by Gasteiger charge is -2.36. The molecule has 106 valence electrons. The number of nitrogens with zero attached hydrogens (tertiary/aromatic N) is 2. The molecule has 1 atom stereocenters. The predicted octanol–water partition coefficient (Wildman–Crippen LogP) is 2.05. The minimum Gasteiger partial charge on any atom is -0.394 e. The van der Waals surface area contributed by atoms with Crippen LogP contribution in [0, 0.1) is 0 Å². The Morgan fingerprint density at radius 2 is 2.11 bits per heavy atom. The second-order valence-electron chi connectivity index (χ2n) is 5.60. The van der Waals surface area contributed by atoms with Crippen LogP contribution in [0.3, 0.4) is 0 Å². The van der Waals surface area contributed by atoms with E-state index >= 15 is 0 Å². The highest BCUT2D eigenvalue weighted by molar-refractivity contribution is 5.44. The fourth-order valence-electron chi connectivity index (χ4n) is 2.62. The van der Waals surface area contributed by atoms with Gasteiger partial charge in [0.2, 0.25) is 0 Å². The van der Waals surface area contributed by atoms with Crippen molar-refractivity contribution in [1.82, 2.24) is 4.98 Å². The first-order chi connectivity index (χ1) is 9.15. The lowest BCUT2D eigenvalue weighted by molar-refractivity contribution is 0.239. The molecule has 4 heteroatoms. The van der Waals surface area contributed by atoms with Crippen LogP contribution in [0.25, 0.3) is 0 Å². The average Bonchev–Trinajstić information content (AvgIpc) is 2.46. The van der Waals surface area contributed by atoms with E-state index in [4.69, 9.17) is 4.98 Å². The molecular weight excluding hydrogens is 240 g/mol. The molecule has 1 aliphatic rings. The van der Waals surface area contributed by atoms with Gasteiger partial charge in [0.15, 0.2) is 0 Å². The van der Waals surface area contributed by atoms with Crippen LogP contribution >= 0.6 is 0 Å². The Hall–Kier alpha value is -1.13. The smallest absolute Gasteiger partial charge is 0.129 e. The van der Waals surface area contributed by atoms with E-state index < -0.39 is 0 Å². The normalized spacial score (nSPS) is 20.1. The molecule has 1 unspecified atom stereocenters. The number of hydrogen-bond donors (Lipinski definition) is 2. The largest absolute Gasteiger partial charge is 0.394 e. The summed E-state index contributed by atoms with van der Waals surface area (Å²) in [6.07, 6.45) is 3.32. The molecule has 1 aliphatic heterocycles. The van der Waals surface area contributed by atoms with E-state index in [1.54, 1.807) is 0 Å². The quantitative estimate of drug-likeness (QED) is 0.874. The van der Waals surface area contributed by atoms with E-state index in [1.165, 1.54) is 6.42 Å². The molecule has 0 saturated carbocycles. The van der Waals surface area contributed by atoms with Gasteiger partial charge < -0.3 is 15.1 Å².